The highest BCUT2D eigenvalue weighted by atomic mass is 16.7. The Morgan fingerprint density at radius 2 is 1.93 bits per heavy atom. The first kappa shape index (κ1) is 17.2. The number of methoxy groups -OCH3 is 2. The molecular formula is C18H20N4O5. The first-order valence-electron chi connectivity index (χ1n) is 8.54. The standard InChI is InChI=1S/C18H20N4O5/c1-24-16-8-15(19-18(20-16)25-2)21-5-6-22(17(23)10-21)9-12-3-4-13-14(7-12)27-11-26-13/h3-4,7-8H,5-6,9-11H2,1-2H3. The van der Waals surface area contributed by atoms with Crippen molar-refractivity contribution in [3.63, 3.8) is 0 Å². The third-order valence-corrected chi connectivity index (χ3v) is 4.51. The van der Waals surface area contributed by atoms with Crippen molar-refractivity contribution in [2.45, 2.75) is 6.54 Å². The molecule has 4 rings (SSSR count). The fraction of sp³-hybridized carbons (Fsp3) is 0.389. The Labute approximate surface area is 156 Å². The van der Waals surface area contributed by atoms with Gasteiger partial charge >= 0.3 is 6.01 Å². The number of ether oxygens (including phenoxy) is 4. The molecule has 2 aliphatic heterocycles. The van der Waals surface area contributed by atoms with Crippen molar-refractivity contribution in [3.05, 3.63) is 29.8 Å². The number of carbonyl (C=O) groups is 1. The number of rotatable bonds is 5. The molecule has 1 saturated heterocycles. The van der Waals surface area contributed by atoms with Gasteiger partial charge in [0.2, 0.25) is 18.6 Å². The second-order valence-electron chi connectivity index (χ2n) is 6.18. The lowest BCUT2D eigenvalue weighted by Gasteiger charge is -2.35. The maximum absolute atomic E-state index is 12.6. The van der Waals surface area contributed by atoms with Crippen molar-refractivity contribution in [1.29, 1.82) is 0 Å². The van der Waals surface area contributed by atoms with Crippen molar-refractivity contribution < 1.29 is 23.7 Å². The third-order valence-electron chi connectivity index (χ3n) is 4.51. The number of aromatic nitrogens is 2. The van der Waals surface area contributed by atoms with Gasteiger partial charge < -0.3 is 28.7 Å². The van der Waals surface area contributed by atoms with Crippen LogP contribution in [0, 0.1) is 0 Å². The number of hydrogen-bond acceptors (Lipinski definition) is 8. The lowest BCUT2D eigenvalue weighted by Crippen LogP contribution is -2.50. The molecule has 9 nitrogen and oxygen atoms in total. The summed E-state index contributed by atoms with van der Waals surface area (Å²) in [7, 11) is 3.02. The van der Waals surface area contributed by atoms with E-state index in [9.17, 15) is 4.79 Å². The predicted molar refractivity (Wildman–Crippen MR) is 95.3 cm³/mol. The van der Waals surface area contributed by atoms with Crippen LogP contribution in [0.2, 0.25) is 0 Å². The van der Waals surface area contributed by atoms with Crippen LogP contribution in [0.3, 0.4) is 0 Å². The van der Waals surface area contributed by atoms with Crippen LogP contribution in [-0.2, 0) is 11.3 Å². The van der Waals surface area contributed by atoms with Crippen molar-refractivity contribution in [1.82, 2.24) is 14.9 Å². The van der Waals surface area contributed by atoms with E-state index in [0.717, 1.165) is 17.1 Å². The van der Waals surface area contributed by atoms with Crippen LogP contribution < -0.4 is 23.8 Å². The van der Waals surface area contributed by atoms with Crippen molar-refractivity contribution in [3.8, 4) is 23.4 Å². The van der Waals surface area contributed by atoms with E-state index >= 15 is 0 Å². The Kier molecular flexibility index (Phi) is 4.57. The average Bonchev–Trinajstić information content (AvgIpc) is 3.17. The number of benzene rings is 1. The molecule has 2 aromatic rings. The molecule has 0 atom stereocenters. The zero-order chi connectivity index (χ0) is 18.8. The van der Waals surface area contributed by atoms with Gasteiger partial charge in [0.05, 0.1) is 20.8 Å². The summed E-state index contributed by atoms with van der Waals surface area (Å²) in [5.74, 6) is 2.48. The fourth-order valence-corrected chi connectivity index (χ4v) is 3.08. The normalized spacial score (nSPS) is 15.9. The average molecular weight is 372 g/mol. The van der Waals surface area contributed by atoms with Gasteiger partial charge in [-0.15, -0.1) is 0 Å². The molecule has 0 unspecified atom stereocenters. The van der Waals surface area contributed by atoms with E-state index < -0.39 is 0 Å². The SMILES string of the molecule is COc1cc(N2CCN(Cc3ccc4c(c3)OCO4)C(=O)C2)nc(OC)n1. The summed E-state index contributed by atoms with van der Waals surface area (Å²) in [6.07, 6.45) is 0. The summed E-state index contributed by atoms with van der Waals surface area (Å²) in [4.78, 5) is 24.8. The van der Waals surface area contributed by atoms with E-state index in [2.05, 4.69) is 9.97 Å². The van der Waals surface area contributed by atoms with Crippen LogP contribution in [0.15, 0.2) is 24.3 Å². The van der Waals surface area contributed by atoms with Gasteiger partial charge in [-0.25, -0.2) is 0 Å². The molecule has 2 aliphatic rings. The van der Waals surface area contributed by atoms with Crippen LogP contribution in [0.5, 0.6) is 23.4 Å². The number of amides is 1. The molecule has 27 heavy (non-hydrogen) atoms. The molecule has 0 spiro atoms. The van der Waals surface area contributed by atoms with Gasteiger partial charge in [0.1, 0.15) is 5.82 Å². The summed E-state index contributed by atoms with van der Waals surface area (Å²) < 4.78 is 21.0. The molecule has 142 valence electrons. The fourth-order valence-electron chi connectivity index (χ4n) is 3.08. The highest BCUT2D eigenvalue weighted by Crippen LogP contribution is 2.33. The Balaban J connectivity index is 1.44. The summed E-state index contributed by atoms with van der Waals surface area (Å²) in [6, 6.07) is 7.65. The van der Waals surface area contributed by atoms with Crippen LogP contribution in [-0.4, -0.2) is 61.4 Å². The van der Waals surface area contributed by atoms with Gasteiger partial charge in [-0.2, -0.15) is 9.97 Å². The molecule has 0 aliphatic carbocycles. The van der Waals surface area contributed by atoms with E-state index in [4.69, 9.17) is 18.9 Å². The van der Waals surface area contributed by atoms with Crippen molar-refractivity contribution in [2.75, 3.05) is 45.5 Å². The van der Waals surface area contributed by atoms with E-state index in [1.807, 2.05) is 28.0 Å². The van der Waals surface area contributed by atoms with Crippen LogP contribution in [0.25, 0.3) is 0 Å². The summed E-state index contributed by atoms with van der Waals surface area (Å²) in [5.41, 5.74) is 1.01. The number of hydrogen-bond donors (Lipinski definition) is 0. The summed E-state index contributed by atoms with van der Waals surface area (Å²) in [5, 5.41) is 0. The van der Waals surface area contributed by atoms with E-state index in [-0.39, 0.29) is 25.3 Å². The molecule has 1 aromatic carbocycles. The largest absolute Gasteiger partial charge is 0.481 e. The van der Waals surface area contributed by atoms with Gasteiger partial charge in [-0.1, -0.05) is 6.07 Å². The summed E-state index contributed by atoms with van der Waals surface area (Å²) in [6.45, 7) is 2.23. The lowest BCUT2D eigenvalue weighted by molar-refractivity contribution is -0.131. The minimum absolute atomic E-state index is 0.0236. The van der Waals surface area contributed by atoms with E-state index in [0.29, 0.717) is 31.3 Å². The maximum Gasteiger partial charge on any atom is 0.321 e. The zero-order valence-corrected chi connectivity index (χ0v) is 15.2. The smallest absolute Gasteiger partial charge is 0.321 e. The number of anilines is 1. The molecule has 3 heterocycles. The minimum Gasteiger partial charge on any atom is -0.481 e. The Morgan fingerprint density at radius 1 is 1.07 bits per heavy atom. The molecule has 0 N–H and O–H groups in total. The van der Waals surface area contributed by atoms with Gasteiger partial charge in [-0.3, -0.25) is 4.79 Å². The van der Waals surface area contributed by atoms with Crippen molar-refractivity contribution >= 4 is 11.7 Å². The second-order valence-corrected chi connectivity index (χ2v) is 6.18. The van der Waals surface area contributed by atoms with Crippen molar-refractivity contribution in [2.24, 2.45) is 0 Å². The Morgan fingerprint density at radius 3 is 2.70 bits per heavy atom. The van der Waals surface area contributed by atoms with Gasteiger partial charge in [0, 0.05) is 25.7 Å². The maximum atomic E-state index is 12.6. The number of nitrogens with zero attached hydrogens (tertiary/aromatic N) is 4. The molecule has 9 heteroatoms. The lowest BCUT2D eigenvalue weighted by atomic mass is 10.1. The number of piperazine rings is 1. The van der Waals surface area contributed by atoms with E-state index in [1.165, 1.54) is 14.2 Å². The molecule has 1 aromatic heterocycles. The third kappa shape index (κ3) is 3.53. The van der Waals surface area contributed by atoms with Crippen LogP contribution in [0.4, 0.5) is 5.82 Å². The topological polar surface area (TPSA) is 86.2 Å². The first-order valence-corrected chi connectivity index (χ1v) is 8.54. The highest BCUT2D eigenvalue weighted by molar-refractivity contribution is 5.82. The molecule has 0 radical (unpaired) electrons. The Bertz CT molecular complexity index is 837. The zero-order valence-electron chi connectivity index (χ0n) is 15.2. The van der Waals surface area contributed by atoms with E-state index in [1.54, 1.807) is 6.07 Å². The second kappa shape index (κ2) is 7.18. The number of carbonyl (C=O) groups excluding carboxylic acids is 1. The molecular weight excluding hydrogens is 352 g/mol. The molecule has 0 bridgehead atoms. The minimum atomic E-state index is 0.0236. The predicted octanol–water partition coefficient (Wildman–Crippen LogP) is 1.07. The quantitative estimate of drug-likeness (QED) is 0.770. The number of fused-ring (bicyclic) bond motifs is 1. The summed E-state index contributed by atoms with van der Waals surface area (Å²) >= 11 is 0. The Hall–Kier alpha value is -3.23. The van der Waals surface area contributed by atoms with Gasteiger partial charge in [-0.05, 0) is 17.7 Å². The first-order chi connectivity index (χ1) is 13.2. The molecule has 1 amide bonds. The molecule has 1 fully saturated rings. The van der Waals surface area contributed by atoms with Gasteiger partial charge in [0.25, 0.3) is 0 Å². The molecule has 0 saturated carbocycles. The van der Waals surface area contributed by atoms with Crippen LogP contribution in [0.1, 0.15) is 5.56 Å². The highest BCUT2D eigenvalue weighted by Gasteiger charge is 2.26. The van der Waals surface area contributed by atoms with Gasteiger partial charge in [0.15, 0.2) is 11.5 Å². The van der Waals surface area contributed by atoms with Crippen LogP contribution >= 0.6 is 0 Å². The monoisotopic (exact) mass is 372 g/mol.